The molecule has 5 amide bonds. The SMILES string of the molecule is C=CC(=O)N1CC2(CCN(C(=O)N(C)[C@H](C(=O)N[C@H]3Cc4nc(cs4)-c4ccc5c(c4)c(c(-c4cccnc4[C@H](C)OC)n5CC)CC(C)(C)COC(=O)[C@@H]4CCCN(N4)C3=O)C(C)C)CC2)C1. The largest absolute Gasteiger partial charge is 0.464 e. The van der Waals surface area contributed by atoms with Gasteiger partial charge in [0.15, 0.2) is 0 Å². The van der Waals surface area contributed by atoms with E-state index in [4.69, 9.17) is 19.4 Å². The molecule has 4 aliphatic heterocycles. The highest BCUT2D eigenvalue weighted by atomic mass is 32.1. The number of piperidine rings is 1. The molecule has 4 aliphatic rings. The highest BCUT2D eigenvalue weighted by Crippen LogP contribution is 2.43. The number of cyclic esters (lactones) is 1. The topological polar surface area (TPSA) is 172 Å². The van der Waals surface area contributed by atoms with Crippen molar-refractivity contribution in [1.82, 2.24) is 45.0 Å². The Hall–Kier alpha value is -5.65. The first-order valence-corrected chi connectivity index (χ1v) is 24.9. The predicted octanol–water partition coefficient (Wildman–Crippen LogP) is 6.39. The van der Waals surface area contributed by atoms with Crippen molar-refractivity contribution in [2.24, 2.45) is 16.7 Å². The summed E-state index contributed by atoms with van der Waals surface area (Å²) < 4.78 is 14.3. The van der Waals surface area contributed by atoms with Gasteiger partial charge in [-0.2, -0.15) is 0 Å². The molecule has 0 radical (unpaired) electrons. The van der Waals surface area contributed by atoms with E-state index < -0.39 is 41.3 Å². The van der Waals surface area contributed by atoms with Crippen LogP contribution in [0.4, 0.5) is 4.79 Å². The number of amides is 5. The summed E-state index contributed by atoms with van der Waals surface area (Å²) in [6.07, 6.45) is 6.08. The summed E-state index contributed by atoms with van der Waals surface area (Å²) in [6.45, 7) is 19.2. The number of nitrogens with one attached hydrogen (secondary N) is 2. The van der Waals surface area contributed by atoms with Crippen LogP contribution >= 0.6 is 11.3 Å². The number of benzene rings is 1. The Balaban J connectivity index is 1.11. The number of likely N-dealkylation sites (N-methyl/N-ethyl adjacent to an activating group) is 1. The molecule has 16 nitrogen and oxygen atoms in total. The minimum Gasteiger partial charge on any atom is -0.464 e. The number of methoxy groups -OCH3 is 1. The summed E-state index contributed by atoms with van der Waals surface area (Å²) >= 11 is 1.42. The Kier molecular flexibility index (Phi) is 14.2. The van der Waals surface area contributed by atoms with Gasteiger partial charge in [-0.1, -0.05) is 40.3 Å². The number of likely N-dealkylation sites (tertiary alicyclic amines) is 2. The van der Waals surface area contributed by atoms with Crippen molar-refractivity contribution >= 4 is 52.0 Å². The highest BCUT2D eigenvalue weighted by Gasteiger charge is 2.48. The minimum absolute atomic E-state index is 0.00933. The van der Waals surface area contributed by atoms with E-state index >= 15 is 0 Å². The molecule has 6 bridgehead atoms. The number of thiazole rings is 1. The number of pyridine rings is 1. The first-order valence-electron chi connectivity index (χ1n) is 24.0. The van der Waals surface area contributed by atoms with Gasteiger partial charge < -0.3 is 34.1 Å². The molecule has 68 heavy (non-hydrogen) atoms. The molecular formula is C51H67N9O7S. The van der Waals surface area contributed by atoms with Gasteiger partial charge in [0, 0.05) is 104 Å². The molecule has 0 saturated carbocycles. The van der Waals surface area contributed by atoms with E-state index in [1.165, 1.54) is 27.3 Å². The lowest BCUT2D eigenvalue weighted by Crippen LogP contribution is -2.64. The summed E-state index contributed by atoms with van der Waals surface area (Å²) in [4.78, 5) is 84.3. The van der Waals surface area contributed by atoms with Crippen LogP contribution in [0.15, 0.2) is 54.6 Å². The van der Waals surface area contributed by atoms with Gasteiger partial charge >= 0.3 is 12.0 Å². The van der Waals surface area contributed by atoms with Crippen molar-refractivity contribution in [3.63, 3.8) is 0 Å². The van der Waals surface area contributed by atoms with Crippen molar-refractivity contribution in [1.29, 1.82) is 0 Å². The van der Waals surface area contributed by atoms with Crippen LogP contribution in [-0.4, -0.2) is 136 Å². The summed E-state index contributed by atoms with van der Waals surface area (Å²) in [6, 6.07) is 7.43. The molecule has 4 aromatic rings. The number of carbonyl (C=O) groups excluding carboxylic acids is 5. The Morgan fingerprint density at radius 2 is 1.85 bits per heavy atom. The predicted molar refractivity (Wildman–Crippen MR) is 261 cm³/mol. The zero-order chi connectivity index (χ0) is 48.7. The van der Waals surface area contributed by atoms with Crippen LogP contribution in [0.5, 0.6) is 0 Å². The Bertz CT molecular complexity index is 2570. The second-order valence-electron chi connectivity index (χ2n) is 20.2. The van der Waals surface area contributed by atoms with Crippen LogP contribution in [0.2, 0.25) is 0 Å². The van der Waals surface area contributed by atoms with Gasteiger partial charge in [-0.25, -0.2) is 15.2 Å². The molecule has 17 heteroatoms. The number of fused-ring (bicyclic) bond motifs is 6. The molecule has 3 fully saturated rings. The maximum atomic E-state index is 14.7. The van der Waals surface area contributed by atoms with E-state index in [1.807, 2.05) is 32.2 Å². The number of esters is 1. The molecule has 1 aromatic carbocycles. The number of aryl methyl sites for hydroxylation is 1. The summed E-state index contributed by atoms with van der Waals surface area (Å²) in [5.74, 6) is -1.69. The van der Waals surface area contributed by atoms with E-state index in [1.54, 1.807) is 30.2 Å². The number of hydrogen-bond donors (Lipinski definition) is 2. The standard InChI is InChI=1S/C51H67N9O7S/c1-10-42(61)58-28-51(29-58)18-22-57(23-19-51)49(65)56(8)44(31(3)4)46(62)54-38-25-41-53-39(27-68-41)33-16-17-40-35(24-33)36(45(59(40)11-2)34-14-12-20-52-43(34)32(5)66-9)26-50(6,7)30-67-48(64)37-15-13-21-60(55-37)47(38)63/h10,12,14,16-17,20,24,27,31-32,37-38,44,55H,1,11,13,15,18-19,21-23,25-26,28-30H2,2-9H3,(H,54,62)/t32-,37-,38-,44-/m0/s1. The average molecular weight is 950 g/mol. The highest BCUT2D eigenvalue weighted by molar-refractivity contribution is 7.10. The van der Waals surface area contributed by atoms with Crippen LogP contribution in [0.3, 0.4) is 0 Å². The van der Waals surface area contributed by atoms with E-state index in [0.29, 0.717) is 63.5 Å². The van der Waals surface area contributed by atoms with E-state index in [2.05, 4.69) is 66.9 Å². The van der Waals surface area contributed by atoms with Gasteiger partial charge in [0.05, 0.1) is 34.8 Å². The summed E-state index contributed by atoms with van der Waals surface area (Å²) in [5, 5.41) is 8.18. The van der Waals surface area contributed by atoms with Crippen molar-refractivity contribution in [2.75, 3.05) is 53.5 Å². The maximum absolute atomic E-state index is 14.7. The van der Waals surface area contributed by atoms with Crippen molar-refractivity contribution in [3.8, 4) is 22.5 Å². The fourth-order valence-electron chi connectivity index (χ4n) is 10.6. The fourth-order valence-corrected chi connectivity index (χ4v) is 11.5. The molecule has 0 unspecified atom stereocenters. The van der Waals surface area contributed by atoms with Gasteiger partial charge in [0.25, 0.3) is 5.91 Å². The van der Waals surface area contributed by atoms with Crippen LogP contribution in [0.25, 0.3) is 33.4 Å². The Labute approximate surface area is 403 Å². The van der Waals surface area contributed by atoms with E-state index in [-0.39, 0.29) is 42.4 Å². The minimum atomic E-state index is -1.07. The van der Waals surface area contributed by atoms with Gasteiger partial charge in [-0.15, -0.1) is 11.3 Å². The molecule has 1 spiro atoms. The van der Waals surface area contributed by atoms with Gasteiger partial charge in [-0.05, 0) is 87.8 Å². The van der Waals surface area contributed by atoms with Crippen molar-refractivity contribution in [2.45, 2.75) is 111 Å². The normalized spacial score (nSPS) is 21.5. The third kappa shape index (κ3) is 9.66. The summed E-state index contributed by atoms with van der Waals surface area (Å²) in [5.41, 5.74) is 9.30. The lowest BCUT2D eigenvalue weighted by molar-refractivity contribution is -0.155. The lowest BCUT2D eigenvalue weighted by Gasteiger charge is -2.54. The number of carbonyl (C=O) groups is 5. The number of hydrazine groups is 1. The molecule has 3 aromatic heterocycles. The van der Waals surface area contributed by atoms with Gasteiger partial charge in [-0.3, -0.25) is 29.2 Å². The lowest BCUT2D eigenvalue weighted by atomic mass is 9.72. The maximum Gasteiger partial charge on any atom is 0.324 e. The number of nitrogens with zero attached hydrogens (tertiary/aromatic N) is 7. The first kappa shape index (κ1) is 48.8. The van der Waals surface area contributed by atoms with Gasteiger partial charge in [0.2, 0.25) is 11.8 Å². The molecule has 8 rings (SSSR count). The van der Waals surface area contributed by atoms with Crippen molar-refractivity contribution in [3.05, 3.63) is 70.8 Å². The number of urea groups is 1. The monoisotopic (exact) mass is 949 g/mol. The van der Waals surface area contributed by atoms with Crippen LogP contribution in [0.1, 0.15) is 89.6 Å². The van der Waals surface area contributed by atoms with Crippen LogP contribution in [0, 0.1) is 16.7 Å². The zero-order valence-electron chi connectivity index (χ0n) is 40.8. The number of aromatic nitrogens is 3. The first-order chi connectivity index (χ1) is 32.5. The molecule has 364 valence electrons. The van der Waals surface area contributed by atoms with E-state index in [9.17, 15) is 24.0 Å². The number of hydrogen-bond acceptors (Lipinski definition) is 11. The number of rotatable bonds is 9. The third-order valence-electron chi connectivity index (χ3n) is 14.4. The second-order valence-corrected chi connectivity index (χ2v) is 21.2. The second kappa shape index (κ2) is 19.8. The van der Waals surface area contributed by atoms with Crippen molar-refractivity contribution < 1.29 is 33.4 Å². The van der Waals surface area contributed by atoms with Crippen LogP contribution in [-0.2, 0) is 48.0 Å². The molecule has 2 N–H and O–H groups in total. The average Bonchev–Trinajstić information content (AvgIpc) is 3.92. The van der Waals surface area contributed by atoms with E-state index in [0.717, 1.165) is 57.5 Å². The Morgan fingerprint density at radius 3 is 2.54 bits per heavy atom. The molecular weight excluding hydrogens is 883 g/mol. The molecule has 4 atom stereocenters. The number of ether oxygens (including phenoxy) is 2. The Morgan fingerprint density at radius 1 is 1.10 bits per heavy atom. The zero-order valence-corrected chi connectivity index (χ0v) is 41.6. The van der Waals surface area contributed by atoms with Crippen LogP contribution < -0.4 is 10.7 Å². The quantitative estimate of drug-likeness (QED) is 0.142. The molecule has 3 saturated heterocycles. The smallest absolute Gasteiger partial charge is 0.324 e. The fraction of sp³-hybridized carbons (Fsp3) is 0.549. The van der Waals surface area contributed by atoms with Gasteiger partial charge in [0.1, 0.15) is 18.1 Å². The molecule has 0 aliphatic carbocycles. The third-order valence-corrected chi connectivity index (χ3v) is 15.3. The molecule has 7 heterocycles. The summed E-state index contributed by atoms with van der Waals surface area (Å²) in [7, 11) is 3.33.